The predicted molar refractivity (Wildman–Crippen MR) is 64.0 cm³/mol. The Hall–Kier alpha value is -1.81. The topological polar surface area (TPSA) is 33.1 Å². The number of nitrogens with zero attached hydrogens (tertiary/aromatic N) is 1. The summed E-state index contributed by atoms with van der Waals surface area (Å²) in [6, 6.07) is 6.08. The Kier molecular flexibility index (Phi) is 3.13. The molecule has 2 nitrogen and oxygen atoms in total. The molecule has 0 aliphatic carbocycles. The van der Waals surface area contributed by atoms with Crippen molar-refractivity contribution >= 4 is 0 Å². The minimum Gasteiger partial charge on any atom is -0.381 e. The highest BCUT2D eigenvalue weighted by Gasteiger charge is 2.30. The van der Waals surface area contributed by atoms with E-state index in [1.165, 1.54) is 32.2 Å². The van der Waals surface area contributed by atoms with Gasteiger partial charge in [-0.2, -0.15) is 0 Å². The molecule has 1 aromatic carbocycles. The summed E-state index contributed by atoms with van der Waals surface area (Å²) in [6.07, 6.45) is 2.98. The lowest BCUT2D eigenvalue weighted by Gasteiger charge is -2.25. The third-order valence-corrected chi connectivity index (χ3v) is 3.02. The Morgan fingerprint density at radius 1 is 1.17 bits per heavy atom. The van der Waals surface area contributed by atoms with Gasteiger partial charge in [-0.1, -0.05) is 18.2 Å². The van der Waals surface area contributed by atoms with E-state index in [0.29, 0.717) is 5.56 Å². The minimum absolute atomic E-state index is 0.0985. The number of aromatic nitrogens is 1. The summed E-state index contributed by atoms with van der Waals surface area (Å²) in [5.74, 6) is -1.96. The molecule has 0 aliphatic rings. The second-order valence-electron chi connectivity index (χ2n) is 4.37. The molecule has 1 atom stereocenters. The molecule has 0 saturated carbocycles. The van der Waals surface area contributed by atoms with Crippen molar-refractivity contribution in [2.24, 2.45) is 0 Å². The predicted octanol–water partition coefficient (Wildman–Crippen LogP) is 2.92. The number of rotatable bonds is 2. The SMILES string of the molecule is Cc1ccc(C(C)(O)c2cccnc2)c(F)c1F. The van der Waals surface area contributed by atoms with Crippen LogP contribution in [-0.2, 0) is 5.60 Å². The molecule has 0 aliphatic heterocycles. The molecule has 2 aromatic rings. The van der Waals surface area contributed by atoms with Gasteiger partial charge in [0.2, 0.25) is 0 Å². The molecule has 1 N–H and O–H groups in total. The lowest BCUT2D eigenvalue weighted by molar-refractivity contribution is 0.0966. The van der Waals surface area contributed by atoms with Crippen LogP contribution in [0.2, 0.25) is 0 Å². The van der Waals surface area contributed by atoms with Crippen molar-refractivity contribution in [1.29, 1.82) is 0 Å². The number of halogens is 2. The van der Waals surface area contributed by atoms with Gasteiger partial charge in [-0.15, -0.1) is 0 Å². The molecule has 1 heterocycles. The van der Waals surface area contributed by atoms with Crippen molar-refractivity contribution in [3.05, 3.63) is 65.0 Å². The van der Waals surface area contributed by atoms with Gasteiger partial charge in [-0.25, -0.2) is 8.78 Å². The normalized spacial score (nSPS) is 14.3. The summed E-state index contributed by atoms with van der Waals surface area (Å²) in [5.41, 5.74) is -1.10. The third-order valence-electron chi connectivity index (χ3n) is 3.02. The van der Waals surface area contributed by atoms with Gasteiger partial charge in [0.25, 0.3) is 0 Å². The highest BCUT2D eigenvalue weighted by molar-refractivity contribution is 5.36. The molecule has 94 valence electrons. The van der Waals surface area contributed by atoms with Crippen LogP contribution in [-0.4, -0.2) is 10.1 Å². The van der Waals surface area contributed by atoms with Gasteiger partial charge in [-0.3, -0.25) is 4.98 Å². The van der Waals surface area contributed by atoms with Crippen molar-refractivity contribution in [3.63, 3.8) is 0 Å². The van der Waals surface area contributed by atoms with Crippen molar-refractivity contribution in [1.82, 2.24) is 4.98 Å². The Morgan fingerprint density at radius 3 is 2.50 bits per heavy atom. The fourth-order valence-electron chi connectivity index (χ4n) is 1.83. The number of benzene rings is 1. The van der Waals surface area contributed by atoms with E-state index in [4.69, 9.17) is 0 Å². The second-order valence-corrected chi connectivity index (χ2v) is 4.37. The van der Waals surface area contributed by atoms with E-state index in [-0.39, 0.29) is 11.1 Å². The van der Waals surface area contributed by atoms with Crippen molar-refractivity contribution in [2.75, 3.05) is 0 Å². The number of aryl methyl sites for hydroxylation is 1. The number of hydrogen-bond acceptors (Lipinski definition) is 2. The highest BCUT2D eigenvalue weighted by Crippen LogP contribution is 2.31. The highest BCUT2D eigenvalue weighted by atomic mass is 19.2. The maximum Gasteiger partial charge on any atom is 0.165 e. The van der Waals surface area contributed by atoms with Crippen LogP contribution in [0.3, 0.4) is 0 Å². The van der Waals surface area contributed by atoms with Crippen LogP contribution in [0.4, 0.5) is 8.78 Å². The van der Waals surface area contributed by atoms with Gasteiger partial charge in [0.05, 0.1) is 0 Å². The molecule has 1 aromatic heterocycles. The van der Waals surface area contributed by atoms with Gasteiger partial charge < -0.3 is 5.11 Å². The summed E-state index contributed by atoms with van der Waals surface area (Å²) in [4.78, 5) is 3.87. The molecule has 4 heteroatoms. The molecular formula is C14H13F2NO. The molecule has 0 amide bonds. The largest absolute Gasteiger partial charge is 0.381 e. The zero-order valence-corrected chi connectivity index (χ0v) is 10.1. The molecule has 0 fully saturated rings. The summed E-state index contributed by atoms with van der Waals surface area (Å²) in [6.45, 7) is 2.89. The maximum absolute atomic E-state index is 13.9. The monoisotopic (exact) mass is 249 g/mol. The van der Waals surface area contributed by atoms with Gasteiger partial charge in [0.1, 0.15) is 5.60 Å². The van der Waals surface area contributed by atoms with Crippen LogP contribution in [0.15, 0.2) is 36.7 Å². The van der Waals surface area contributed by atoms with E-state index in [9.17, 15) is 13.9 Å². The summed E-state index contributed by atoms with van der Waals surface area (Å²) in [5, 5.41) is 10.4. The molecule has 2 rings (SSSR count). The van der Waals surface area contributed by atoms with E-state index in [1.807, 2.05) is 0 Å². The average Bonchev–Trinajstić information content (AvgIpc) is 2.37. The minimum atomic E-state index is -1.62. The zero-order valence-electron chi connectivity index (χ0n) is 10.1. The first kappa shape index (κ1) is 12.6. The fraction of sp³-hybridized carbons (Fsp3) is 0.214. The van der Waals surface area contributed by atoms with Crippen LogP contribution in [0.1, 0.15) is 23.6 Å². The first-order valence-corrected chi connectivity index (χ1v) is 5.52. The fourth-order valence-corrected chi connectivity index (χ4v) is 1.83. The first-order chi connectivity index (χ1) is 8.44. The lowest BCUT2D eigenvalue weighted by atomic mass is 9.88. The van der Waals surface area contributed by atoms with Crippen molar-refractivity contribution < 1.29 is 13.9 Å². The molecule has 0 bridgehead atoms. The molecular weight excluding hydrogens is 236 g/mol. The number of aliphatic hydroxyl groups is 1. The summed E-state index contributed by atoms with van der Waals surface area (Å²) >= 11 is 0. The Morgan fingerprint density at radius 2 is 1.89 bits per heavy atom. The maximum atomic E-state index is 13.9. The Balaban J connectivity index is 2.58. The first-order valence-electron chi connectivity index (χ1n) is 5.52. The van der Waals surface area contributed by atoms with Gasteiger partial charge >= 0.3 is 0 Å². The molecule has 0 radical (unpaired) electrons. The van der Waals surface area contributed by atoms with Crippen LogP contribution in [0.25, 0.3) is 0 Å². The standard InChI is InChI=1S/C14H13F2NO/c1-9-5-6-11(13(16)12(9)15)14(2,18)10-4-3-7-17-8-10/h3-8,18H,1-2H3. The van der Waals surface area contributed by atoms with E-state index in [0.717, 1.165) is 0 Å². The van der Waals surface area contributed by atoms with E-state index >= 15 is 0 Å². The Bertz CT molecular complexity index is 568. The van der Waals surface area contributed by atoms with Crippen LogP contribution in [0, 0.1) is 18.6 Å². The van der Waals surface area contributed by atoms with E-state index < -0.39 is 17.2 Å². The van der Waals surface area contributed by atoms with Gasteiger partial charge in [0.15, 0.2) is 11.6 Å². The zero-order chi connectivity index (χ0) is 13.3. The van der Waals surface area contributed by atoms with Crippen LogP contribution in [0.5, 0.6) is 0 Å². The van der Waals surface area contributed by atoms with E-state index in [2.05, 4.69) is 4.98 Å². The number of pyridine rings is 1. The lowest BCUT2D eigenvalue weighted by Crippen LogP contribution is -2.25. The van der Waals surface area contributed by atoms with Crippen LogP contribution < -0.4 is 0 Å². The Labute approximate surface area is 104 Å². The van der Waals surface area contributed by atoms with Crippen molar-refractivity contribution in [3.8, 4) is 0 Å². The smallest absolute Gasteiger partial charge is 0.165 e. The second kappa shape index (κ2) is 4.46. The van der Waals surface area contributed by atoms with Crippen molar-refractivity contribution in [2.45, 2.75) is 19.4 Å². The molecule has 18 heavy (non-hydrogen) atoms. The molecule has 1 unspecified atom stereocenters. The van der Waals surface area contributed by atoms with Crippen LogP contribution >= 0.6 is 0 Å². The summed E-state index contributed by atoms with van der Waals surface area (Å²) < 4.78 is 27.4. The van der Waals surface area contributed by atoms with E-state index in [1.54, 1.807) is 18.3 Å². The van der Waals surface area contributed by atoms with Gasteiger partial charge in [0, 0.05) is 23.5 Å². The summed E-state index contributed by atoms with van der Waals surface area (Å²) in [7, 11) is 0. The quantitative estimate of drug-likeness (QED) is 0.887. The van der Waals surface area contributed by atoms with Gasteiger partial charge in [-0.05, 0) is 25.5 Å². The third kappa shape index (κ3) is 1.99. The average molecular weight is 249 g/mol. The molecule has 0 spiro atoms. The number of hydrogen-bond donors (Lipinski definition) is 1. The molecule has 0 saturated heterocycles.